The smallest absolute Gasteiger partial charge is 0.331 e. The number of amides is 2. The van der Waals surface area contributed by atoms with Gasteiger partial charge in [-0.2, -0.15) is 0 Å². The van der Waals surface area contributed by atoms with Gasteiger partial charge in [0, 0.05) is 24.9 Å². The topological polar surface area (TPSA) is 69.6 Å². The Bertz CT molecular complexity index is 872. The molecule has 2 N–H and O–H groups in total. The standard InChI is InChI=1S/C25H32N2O3/c1-4-6-7-16-26-25(30)27(3)23-11-8-10-21(18-23)20-14-12-19(13-15-20)17-22(9-5-2)24(28)29/h8,10-15,17-18H,4-7,9,16H2,1-3H3,(H,26,30)(H,28,29). The van der Waals surface area contributed by atoms with Gasteiger partial charge in [0.2, 0.25) is 0 Å². The Morgan fingerprint density at radius 3 is 2.37 bits per heavy atom. The molecule has 30 heavy (non-hydrogen) atoms. The zero-order valence-corrected chi connectivity index (χ0v) is 18.1. The van der Waals surface area contributed by atoms with E-state index < -0.39 is 5.97 Å². The summed E-state index contributed by atoms with van der Waals surface area (Å²) in [6.45, 7) is 4.79. The summed E-state index contributed by atoms with van der Waals surface area (Å²) in [5.74, 6) is -0.871. The molecule has 0 aliphatic heterocycles. The van der Waals surface area contributed by atoms with Crippen molar-refractivity contribution < 1.29 is 14.7 Å². The average molecular weight is 409 g/mol. The highest BCUT2D eigenvalue weighted by atomic mass is 16.4. The summed E-state index contributed by atoms with van der Waals surface area (Å²) < 4.78 is 0. The predicted molar refractivity (Wildman–Crippen MR) is 124 cm³/mol. The number of hydrogen-bond donors (Lipinski definition) is 2. The zero-order valence-electron chi connectivity index (χ0n) is 18.1. The van der Waals surface area contributed by atoms with E-state index in [4.69, 9.17) is 0 Å². The highest BCUT2D eigenvalue weighted by molar-refractivity contribution is 5.93. The first kappa shape index (κ1) is 23.2. The van der Waals surface area contributed by atoms with E-state index in [0.717, 1.165) is 48.1 Å². The van der Waals surface area contributed by atoms with E-state index in [-0.39, 0.29) is 6.03 Å². The molecule has 0 heterocycles. The molecule has 5 heteroatoms. The molecule has 0 atom stereocenters. The third-order valence-corrected chi connectivity index (χ3v) is 4.97. The molecule has 160 valence electrons. The number of nitrogens with zero attached hydrogens (tertiary/aromatic N) is 1. The second kappa shape index (κ2) is 11.8. The van der Waals surface area contributed by atoms with Crippen molar-refractivity contribution >= 4 is 23.8 Å². The van der Waals surface area contributed by atoms with Gasteiger partial charge < -0.3 is 10.4 Å². The van der Waals surface area contributed by atoms with Gasteiger partial charge in [-0.05, 0) is 47.7 Å². The fourth-order valence-corrected chi connectivity index (χ4v) is 3.18. The number of urea groups is 1. The van der Waals surface area contributed by atoms with E-state index >= 15 is 0 Å². The van der Waals surface area contributed by atoms with Crippen LogP contribution in [0.25, 0.3) is 17.2 Å². The largest absolute Gasteiger partial charge is 0.478 e. The third kappa shape index (κ3) is 6.76. The first-order valence-corrected chi connectivity index (χ1v) is 10.6. The molecule has 0 aliphatic rings. The first-order chi connectivity index (χ1) is 14.5. The molecular weight excluding hydrogens is 376 g/mol. The van der Waals surface area contributed by atoms with Gasteiger partial charge in [0.15, 0.2) is 0 Å². The van der Waals surface area contributed by atoms with E-state index in [2.05, 4.69) is 12.2 Å². The summed E-state index contributed by atoms with van der Waals surface area (Å²) in [6, 6.07) is 15.5. The summed E-state index contributed by atoms with van der Waals surface area (Å²) in [7, 11) is 1.77. The number of benzene rings is 2. The molecule has 2 amide bonds. The minimum atomic E-state index is -0.871. The van der Waals surface area contributed by atoms with E-state index in [9.17, 15) is 14.7 Å². The average Bonchev–Trinajstić information content (AvgIpc) is 2.76. The van der Waals surface area contributed by atoms with Gasteiger partial charge in [0.25, 0.3) is 0 Å². The summed E-state index contributed by atoms with van der Waals surface area (Å²) in [5, 5.41) is 12.3. The number of carboxylic acids is 1. The van der Waals surface area contributed by atoms with Crippen LogP contribution in [-0.4, -0.2) is 30.7 Å². The van der Waals surface area contributed by atoms with Crippen molar-refractivity contribution in [1.82, 2.24) is 5.32 Å². The van der Waals surface area contributed by atoms with Crippen LogP contribution in [0.15, 0.2) is 54.1 Å². The van der Waals surface area contributed by atoms with Crippen LogP contribution in [0.1, 0.15) is 51.5 Å². The molecule has 0 aromatic heterocycles. The van der Waals surface area contributed by atoms with Crippen molar-refractivity contribution in [2.75, 3.05) is 18.5 Å². The van der Waals surface area contributed by atoms with Gasteiger partial charge in [-0.25, -0.2) is 9.59 Å². The number of unbranched alkanes of at least 4 members (excludes halogenated alkanes) is 2. The number of aliphatic carboxylic acids is 1. The Morgan fingerprint density at radius 2 is 1.73 bits per heavy atom. The highest BCUT2D eigenvalue weighted by Crippen LogP contribution is 2.25. The monoisotopic (exact) mass is 408 g/mol. The summed E-state index contributed by atoms with van der Waals surface area (Å²) in [5.41, 5.74) is 4.11. The summed E-state index contributed by atoms with van der Waals surface area (Å²) in [6.07, 6.45) is 6.28. The molecule has 5 nitrogen and oxygen atoms in total. The van der Waals surface area contributed by atoms with Gasteiger partial charge in [0.1, 0.15) is 0 Å². The lowest BCUT2D eigenvalue weighted by Gasteiger charge is -2.19. The van der Waals surface area contributed by atoms with Crippen LogP contribution in [0, 0.1) is 0 Å². The van der Waals surface area contributed by atoms with E-state index in [1.807, 2.05) is 55.5 Å². The Balaban J connectivity index is 2.12. The highest BCUT2D eigenvalue weighted by Gasteiger charge is 2.11. The van der Waals surface area contributed by atoms with Gasteiger partial charge in [-0.3, -0.25) is 4.90 Å². The molecule has 0 radical (unpaired) electrons. The number of rotatable bonds is 10. The molecule has 0 spiro atoms. The Labute approximate surface area is 179 Å². The second-order valence-corrected chi connectivity index (χ2v) is 7.40. The van der Waals surface area contributed by atoms with Crippen molar-refractivity contribution in [2.24, 2.45) is 0 Å². The molecule has 0 saturated heterocycles. The van der Waals surface area contributed by atoms with Gasteiger partial charge >= 0.3 is 12.0 Å². The van der Waals surface area contributed by atoms with Gasteiger partial charge in [0.05, 0.1) is 0 Å². The van der Waals surface area contributed by atoms with Crippen LogP contribution >= 0.6 is 0 Å². The van der Waals surface area contributed by atoms with Crippen molar-refractivity contribution in [2.45, 2.75) is 46.0 Å². The zero-order chi connectivity index (χ0) is 21.9. The van der Waals surface area contributed by atoms with Crippen LogP contribution in [0.2, 0.25) is 0 Å². The number of hydrogen-bond acceptors (Lipinski definition) is 2. The Kier molecular flexibility index (Phi) is 9.13. The fraction of sp³-hybridized carbons (Fsp3) is 0.360. The molecule has 0 bridgehead atoms. The predicted octanol–water partition coefficient (Wildman–Crippen LogP) is 5.96. The quantitative estimate of drug-likeness (QED) is 0.376. The molecule has 0 aliphatic carbocycles. The van der Waals surface area contributed by atoms with Crippen LogP contribution in [0.4, 0.5) is 10.5 Å². The van der Waals surface area contributed by atoms with E-state index in [1.165, 1.54) is 0 Å². The molecule has 0 saturated carbocycles. The number of carbonyl (C=O) groups is 2. The normalized spacial score (nSPS) is 11.2. The maximum absolute atomic E-state index is 12.4. The summed E-state index contributed by atoms with van der Waals surface area (Å²) in [4.78, 5) is 25.3. The molecular formula is C25H32N2O3. The summed E-state index contributed by atoms with van der Waals surface area (Å²) >= 11 is 0. The fourth-order valence-electron chi connectivity index (χ4n) is 3.18. The minimum Gasteiger partial charge on any atom is -0.478 e. The third-order valence-electron chi connectivity index (χ3n) is 4.97. The molecule has 2 aromatic rings. The minimum absolute atomic E-state index is 0.110. The van der Waals surface area contributed by atoms with Gasteiger partial charge in [-0.1, -0.05) is 69.5 Å². The van der Waals surface area contributed by atoms with Crippen LogP contribution < -0.4 is 10.2 Å². The maximum atomic E-state index is 12.4. The SMILES string of the molecule is CCCCCNC(=O)N(C)c1cccc(-c2ccc(C=C(CCC)C(=O)O)cc2)c1. The first-order valence-electron chi connectivity index (χ1n) is 10.6. The number of carbonyl (C=O) groups excluding carboxylic acids is 1. The molecule has 0 fully saturated rings. The van der Waals surface area contributed by atoms with Crippen molar-refractivity contribution in [3.63, 3.8) is 0 Å². The van der Waals surface area contributed by atoms with Crippen LogP contribution in [-0.2, 0) is 4.79 Å². The van der Waals surface area contributed by atoms with E-state index in [0.29, 0.717) is 18.5 Å². The number of nitrogens with one attached hydrogen (secondary N) is 1. The Hall–Kier alpha value is -3.08. The molecule has 2 aromatic carbocycles. The van der Waals surface area contributed by atoms with Crippen LogP contribution in [0.3, 0.4) is 0 Å². The van der Waals surface area contributed by atoms with Crippen molar-refractivity contribution in [3.05, 3.63) is 59.7 Å². The number of anilines is 1. The van der Waals surface area contributed by atoms with Crippen molar-refractivity contribution in [1.29, 1.82) is 0 Å². The lowest BCUT2D eigenvalue weighted by Crippen LogP contribution is -2.37. The lowest BCUT2D eigenvalue weighted by molar-refractivity contribution is -0.132. The lowest BCUT2D eigenvalue weighted by atomic mass is 10.0. The number of carboxylic acid groups (broad SMARTS) is 1. The van der Waals surface area contributed by atoms with E-state index in [1.54, 1.807) is 18.0 Å². The maximum Gasteiger partial charge on any atom is 0.331 e. The Morgan fingerprint density at radius 1 is 1.00 bits per heavy atom. The molecule has 0 unspecified atom stereocenters. The van der Waals surface area contributed by atoms with Gasteiger partial charge in [-0.15, -0.1) is 0 Å². The second-order valence-electron chi connectivity index (χ2n) is 7.40. The molecule has 2 rings (SSSR count). The van der Waals surface area contributed by atoms with Crippen molar-refractivity contribution in [3.8, 4) is 11.1 Å². The van der Waals surface area contributed by atoms with Crippen LogP contribution in [0.5, 0.6) is 0 Å².